The minimum atomic E-state index is -0.435. The van der Waals surface area contributed by atoms with Gasteiger partial charge in [-0.3, -0.25) is 4.79 Å². The summed E-state index contributed by atoms with van der Waals surface area (Å²) in [6.07, 6.45) is 2.05. The Bertz CT molecular complexity index is 524. The smallest absolute Gasteiger partial charge is 0.337 e. The predicted molar refractivity (Wildman–Crippen MR) is 52.9 cm³/mol. The Morgan fingerprint density at radius 3 is 2.93 bits per heavy atom. The molecule has 0 amide bonds. The number of rotatable bonds is 2. The van der Waals surface area contributed by atoms with Gasteiger partial charge in [-0.05, 0) is 18.2 Å². The lowest BCUT2D eigenvalue weighted by molar-refractivity contribution is 0.0601. The van der Waals surface area contributed by atoms with E-state index in [4.69, 9.17) is 4.42 Å². The van der Waals surface area contributed by atoms with Crippen LogP contribution in [0, 0.1) is 0 Å². The standard InChI is InChI=1S/C11H8O4/c1-14-11(13)7-2-3-10-9(4-7)8(5-12)6-15-10/h2-6H,1H3. The number of hydrogen-bond donors (Lipinski definition) is 0. The second-order valence-electron chi connectivity index (χ2n) is 3.01. The van der Waals surface area contributed by atoms with Crippen LogP contribution in [-0.2, 0) is 4.74 Å². The van der Waals surface area contributed by atoms with Crippen molar-refractivity contribution in [3.63, 3.8) is 0 Å². The lowest BCUT2D eigenvalue weighted by Crippen LogP contribution is -2.00. The SMILES string of the molecule is COC(=O)c1ccc2occ(C=O)c2c1. The minimum absolute atomic E-state index is 0.398. The maximum atomic E-state index is 11.2. The van der Waals surface area contributed by atoms with Crippen molar-refractivity contribution in [3.8, 4) is 0 Å². The fourth-order valence-corrected chi connectivity index (χ4v) is 1.38. The van der Waals surface area contributed by atoms with Gasteiger partial charge in [0.25, 0.3) is 0 Å². The van der Waals surface area contributed by atoms with Gasteiger partial charge in [0.05, 0.1) is 18.2 Å². The van der Waals surface area contributed by atoms with Crippen LogP contribution < -0.4 is 0 Å². The Labute approximate surface area is 85.4 Å². The summed E-state index contributed by atoms with van der Waals surface area (Å²) in [5.74, 6) is -0.435. The zero-order valence-electron chi connectivity index (χ0n) is 8.02. The van der Waals surface area contributed by atoms with Crippen molar-refractivity contribution >= 4 is 23.2 Å². The molecule has 4 nitrogen and oxygen atoms in total. The van der Waals surface area contributed by atoms with Gasteiger partial charge in [0.15, 0.2) is 6.29 Å². The molecule has 0 N–H and O–H groups in total. The molecule has 0 aliphatic heterocycles. The zero-order chi connectivity index (χ0) is 10.8. The highest BCUT2D eigenvalue weighted by molar-refractivity contribution is 6.00. The highest BCUT2D eigenvalue weighted by atomic mass is 16.5. The molecular weight excluding hydrogens is 196 g/mol. The first-order valence-corrected chi connectivity index (χ1v) is 4.31. The van der Waals surface area contributed by atoms with Crippen LogP contribution in [0.15, 0.2) is 28.9 Å². The molecule has 0 aliphatic carbocycles. The number of carbonyl (C=O) groups excluding carboxylic acids is 2. The van der Waals surface area contributed by atoms with Gasteiger partial charge in [-0.1, -0.05) is 0 Å². The first-order chi connectivity index (χ1) is 7.26. The van der Waals surface area contributed by atoms with Crippen molar-refractivity contribution in [3.05, 3.63) is 35.6 Å². The Balaban J connectivity index is 2.62. The van der Waals surface area contributed by atoms with Gasteiger partial charge in [-0.25, -0.2) is 4.79 Å². The quantitative estimate of drug-likeness (QED) is 0.554. The lowest BCUT2D eigenvalue weighted by atomic mass is 10.1. The molecule has 2 aromatic rings. The van der Waals surface area contributed by atoms with Crippen LogP contribution in [0.1, 0.15) is 20.7 Å². The fourth-order valence-electron chi connectivity index (χ4n) is 1.38. The number of aldehydes is 1. The average Bonchev–Trinajstić information content (AvgIpc) is 2.69. The van der Waals surface area contributed by atoms with Crippen LogP contribution in [0.5, 0.6) is 0 Å². The van der Waals surface area contributed by atoms with E-state index >= 15 is 0 Å². The molecule has 0 saturated carbocycles. The summed E-state index contributed by atoms with van der Waals surface area (Å²) in [5, 5.41) is 0.618. The summed E-state index contributed by atoms with van der Waals surface area (Å²) in [5.41, 5.74) is 1.40. The number of carbonyl (C=O) groups is 2. The molecule has 0 fully saturated rings. The highest BCUT2D eigenvalue weighted by Crippen LogP contribution is 2.21. The summed E-state index contributed by atoms with van der Waals surface area (Å²) in [6.45, 7) is 0. The average molecular weight is 204 g/mol. The van der Waals surface area contributed by atoms with Crippen molar-refractivity contribution in [1.29, 1.82) is 0 Å². The van der Waals surface area contributed by atoms with Gasteiger partial charge in [0.1, 0.15) is 11.8 Å². The molecule has 0 spiro atoms. The normalized spacial score (nSPS) is 10.2. The number of fused-ring (bicyclic) bond motifs is 1. The monoisotopic (exact) mass is 204 g/mol. The Kier molecular flexibility index (Phi) is 2.25. The van der Waals surface area contributed by atoms with Gasteiger partial charge in [-0.2, -0.15) is 0 Å². The van der Waals surface area contributed by atoms with Crippen LogP contribution in [0.2, 0.25) is 0 Å². The number of furan rings is 1. The molecular formula is C11H8O4. The topological polar surface area (TPSA) is 56.5 Å². The molecule has 0 bridgehead atoms. The molecule has 76 valence electrons. The second-order valence-corrected chi connectivity index (χ2v) is 3.01. The molecule has 1 aromatic heterocycles. The maximum absolute atomic E-state index is 11.2. The van der Waals surface area contributed by atoms with E-state index in [9.17, 15) is 9.59 Å². The van der Waals surface area contributed by atoms with Crippen LogP contribution in [0.25, 0.3) is 11.0 Å². The Morgan fingerprint density at radius 2 is 2.27 bits per heavy atom. The zero-order valence-corrected chi connectivity index (χ0v) is 8.02. The molecule has 0 unspecified atom stereocenters. The molecule has 1 aromatic carbocycles. The van der Waals surface area contributed by atoms with Gasteiger partial charge < -0.3 is 9.15 Å². The molecule has 0 aliphatic rings. The fraction of sp³-hybridized carbons (Fsp3) is 0.0909. The van der Waals surface area contributed by atoms with E-state index in [0.29, 0.717) is 28.4 Å². The van der Waals surface area contributed by atoms with E-state index in [1.54, 1.807) is 18.2 Å². The van der Waals surface area contributed by atoms with Crippen LogP contribution in [0.3, 0.4) is 0 Å². The van der Waals surface area contributed by atoms with E-state index in [1.165, 1.54) is 13.4 Å². The molecule has 0 saturated heterocycles. The number of ether oxygens (including phenoxy) is 1. The molecule has 1 heterocycles. The molecule has 15 heavy (non-hydrogen) atoms. The first-order valence-electron chi connectivity index (χ1n) is 4.31. The minimum Gasteiger partial charge on any atom is -0.465 e. The van der Waals surface area contributed by atoms with E-state index in [0.717, 1.165) is 0 Å². The lowest BCUT2D eigenvalue weighted by Gasteiger charge is -1.98. The number of methoxy groups -OCH3 is 1. The van der Waals surface area contributed by atoms with E-state index < -0.39 is 5.97 Å². The van der Waals surface area contributed by atoms with Gasteiger partial charge in [-0.15, -0.1) is 0 Å². The first kappa shape index (κ1) is 9.45. The Hall–Kier alpha value is -2.10. The summed E-state index contributed by atoms with van der Waals surface area (Å²) in [6, 6.07) is 4.80. The van der Waals surface area contributed by atoms with Crippen molar-refractivity contribution < 1.29 is 18.7 Å². The summed E-state index contributed by atoms with van der Waals surface area (Å²) < 4.78 is 9.70. The molecule has 2 rings (SSSR count). The van der Waals surface area contributed by atoms with Gasteiger partial charge in [0.2, 0.25) is 0 Å². The summed E-state index contributed by atoms with van der Waals surface area (Å²) in [4.78, 5) is 21.9. The third kappa shape index (κ3) is 1.50. The highest BCUT2D eigenvalue weighted by Gasteiger charge is 2.10. The van der Waals surface area contributed by atoms with Gasteiger partial charge >= 0.3 is 5.97 Å². The predicted octanol–water partition coefficient (Wildman–Crippen LogP) is 2.03. The van der Waals surface area contributed by atoms with Crippen LogP contribution >= 0.6 is 0 Å². The van der Waals surface area contributed by atoms with Crippen LogP contribution in [-0.4, -0.2) is 19.4 Å². The van der Waals surface area contributed by atoms with E-state index in [1.807, 2.05) is 0 Å². The van der Waals surface area contributed by atoms with Crippen molar-refractivity contribution in [1.82, 2.24) is 0 Å². The summed E-state index contributed by atoms with van der Waals surface area (Å²) in [7, 11) is 1.31. The molecule has 0 atom stereocenters. The summed E-state index contributed by atoms with van der Waals surface area (Å²) >= 11 is 0. The Morgan fingerprint density at radius 1 is 1.47 bits per heavy atom. The third-order valence-corrected chi connectivity index (χ3v) is 2.15. The van der Waals surface area contributed by atoms with Crippen LogP contribution in [0.4, 0.5) is 0 Å². The maximum Gasteiger partial charge on any atom is 0.337 e. The third-order valence-electron chi connectivity index (χ3n) is 2.15. The number of hydrogen-bond acceptors (Lipinski definition) is 4. The number of benzene rings is 1. The van der Waals surface area contributed by atoms with Crippen molar-refractivity contribution in [2.45, 2.75) is 0 Å². The second kappa shape index (κ2) is 3.57. The van der Waals surface area contributed by atoms with Crippen molar-refractivity contribution in [2.24, 2.45) is 0 Å². The largest absolute Gasteiger partial charge is 0.465 e. The van der Waals surface area contributed by atoms with Gasteiger partial charge in [0, 0.05) is 5.39 Å². The number of esters is 1. The van der Waals surface area contributed by atoms with Crippen molar-refractivity contribution in [2.75, 3.05) is 7.11 Å². The molecule has 0 radical (unpaired) electrons. The van der Waals surface area contributed by atoms with E-state index in [2.05, 4.69) is 4.74 Å². The van der Waals surface area contributed by atoms with E-state index in [-0.39, 0.29) is 0 Å². The molecule has 4 heteroatoms.